The summed E-state index contributed by atoms with van der Waals surface area (Å²) in [6, 6.07) is 14.8. The van der Waals surface area contributed by atoms with Crippen LogP contribution < -0.4 is 9.47 Å². The molecule has 0 bridgehead atoms. The number of rotatable bonds is 23. The van der Waals surface area contributed by atoms with Crippen molar-refractivity contribution >= 4 is 5.76 Å². The van der Waals surface area contributed by atoms with Gasteiger partial charge in [-0.05, 0) is 60.9 Å². The molecule has 0 fully saturated rings. The number of aliphatic hydroxyl groups is 2. The highest BCUT2D eigenvalue weighted by Crippen LogP contribution is 2.24. The van der Waals surface area contributed by atoms with Crippen molar-refractivity contribution in [3.8, 4) is 11.5 Å². The minimum Gasteiger partial charge on any atom is -0.508 e. The zero-order chi connectivity index (χ0) is 28.0. The summed E-state index contributed by atoms with van der Waals surface area (Å²) >= 11 is 0. The first kappa shape index (κ1) is 32.8. The second-order valence-corrected chi connectivity index (χ2v) is 10.7. The summed E-state index contributed by atoms with van der Waals surface area (Å²) < 4.78 is 11.7. The highest BCUT2D eigenvalue weighted by molar-refractivity contribution is 5.60. The summed E-state index contributed by atoms with van der Waals surface area (Å²) in [5, 5.41) is 21.1. The third kappa shape index (κ3) is 15.1. The maximum Gasteiger partial charge on any atom is 0.121 e. The molecule has 218 valence electrons. The Bertz CT molecular complexity index is 873. The monoisotopic (exact) mass is 538 g/mol. The molecule has 0 saturated heterocycles. The van der Waals surface area contributed by atoms with Crippen LogP contribution >= 0.6 is 0 Å². The van der Waals surface area contributed by atoms with Crippen molar-refractivity contribution < 1.29 is 19.7 Å². The van der Waals surface area contributed by atoms with E-state index in [-0.39, 0.29) is 5.76 Å². The second kappa shape index (κ2) is 21.4. The number of hydrogen-bond donors (Lipinski definition) is 2. The van der Waals surface area contributed by atoms with E-state index in [1.807, 2.05) is 48.5 Å². The van der Waals surface area contributed by atoms with Crippen LogP contribution in [0.4, 0.5) is 0 Å². The Morgan fingerprint density at radius 3 is 1.41 bits per heavy atom. The lowest BCUT2D eigenvalue weighted by atomic mass is 10.1. The van der Waals surface area contributed by atoms with E-state index in [1.54, 1.807) is 0 Å². The van der Waals surface area contributed by atoms with E-state index in [1.165, 1.54) is 96.0 Å². The summed E-state index contributed by atoms with van der Waals surface area (Å²) in [6.45, 7) is 5.93. The van der Waals surface area contributed by atoms with Gasteiger partial charge in [-0.2, -0.15) is 0 Å². The Balaban J connectivity index is 1.65. The maximum atomic E-state index is 10.6. The smallest absolute Gasteiger partial charge is 0.121 e. The van der Waals surface area contributed by atoms with Gasteiger partial charge in [-0.3, -0.25) is 0 Å². The maximum absolute atomic E-state index is 10.6. The molecule has 0 aliphatic carbocycles. The Morgan fingerprint density at radius 2 is 0.974 bits per heavy atom. The summed E-state index contributed by atoms with van der Waals surface area (Å²) in [5.74, 6) is 1.66. The molecule has 0 amide bonds. The minimum absolute atomic E-state index is 0.0483. The van der Waals surface area contributed by atoms with Crippen molar-refractivity contribution in [2.75, 3.05) is 13.2 Å². The molecule has 0 heterocycles. The van der Waals surface area contributed by atoms with Gasteiger partial charge in [0.05, 0.1) is 13.2 Å². The van der Waals surface area contributed by atoms with E-state index >= 15 is 0 Å². The summed E-state index contributed by atoms with van der Waals surface area (Å²) in [5.41, 5.74) is 1.37. The van der Waals surface area contributed by atoms with Gasteiger partial charge in [0.15, 0.2) is 0 Å². The molecule has 39 heavy (non-hydrogen) atoms. The lowest BCUT2D eigenvalue weighted by Gasteiger charge is -2.11. The average Bonchev–Trinajstić information content (AvgIpc) is 2.96. The topological polar surface area (TPSA) is 58.9 Å². The molecule has 0 radical (unpaired) electrons. The predicted molar refractivity (Wildman–Crippen MR) is 165 cm³/mol. The molecule has 1 unspecified atom stereocenters. The number of hydrogen-bond acceptors (Lipinski definition) is 4. The van der Waals surface area contributed by atoms with E-state index in [4.69, 9.17) is 9.47 Å². The molecular weight excluding hydrogens is 484 g/mol. The van der Waals surface area contributed by atoms with Crippen LogP contribution in [0.5, 0.6) is 11.5 Å². The average molecular weight is 539 g/mol. The zero-order valence-electron chi connectivity index (χ0n) is 24.7. The molecule has 1 atom stereocenters. The van der Waals surface area contributed by atoms with Gasteiger partial charge in [0.1, 0.15) is 23.4 Å². The van der Waals surface area contributed by atoms with Crippen LogP contribution in [0.25, 0.3) is 5.76 Å². The third-order valence-corrected chi connectivity index (χ3v) is 7.22. The fraction of sp³-hybridized carbons (Fsp3) is 0.600. The quantitative estimate of drug-likeness (QED) is 0.109. The van der Waals surface area contributed by atoms with Crippen LogP contribution in [0.15, 0.2) is 54.6 Å². The lowest BCUT2D eigenvalue weighted by Crippen LogP contribution is -1.99. The van der Waals surface area contributed by atoms with Gasteiger partial charge in [-0.25, -0.2) is 0 Å². The van der Waals surface area contributed by atoms with Crippen molar-refractivity contribution in [2.45, 2.75) is 123 Å². The van der Waals surface area contributed by atoms with Gasteiger partial charge >= 0.3 is 0 Å². The lowest BCUT2D eigenvalue weighted by molar-refractivity contribution is 0.226. The van der Waals surface area contributed by atoms with Crippen LogP contribution in [0, 0.1) is 0 Å². The number of unbranched alkanes of at least 4 members (excludes halogenated alkanes) is 14. The van der Waals surface area contributed by atoms with Crippen LogP contribution in [-0.4, -0.2) is 23.4 Å². The normalized spacial score (nSPS) is 12.4. The van der Waals surface area contributed by atoms with Gasteiger partial charge in [0.25, 0.3) is 0 Å². The van der Waals surface area contributed by atoms with Gasteiger partial charge in [-0.15, -0.1) is 0 Å². The van der Waals surface area contributed by atoms with Crippen LogP contribution in [0.2, 0.25) is 0 Å². The molecule has 2 aromatic carbocycles. The Hall–Kier alpha value is -2.46. The molecule has 0 aromatic heterocycles. The largest absolute Gasteiger partial charge is 0.508 e. The molecule has 0 saturated carbocycles. The van der Waals surface area contributed by atoms with Crippen molar-refractivity contribution in [3.63, 3.8) is 0 Å². The van der Waals surface area contributed by atoms with Crippen molar-refractivity contribution in [1.82, 2.24) is 0 Å². The fourth-order valence-electron chi connectivity index (χ4n) is 4.68. The molecule has 0 aliphatic heterocycles. The first-order chi connectivity index (χ1) is 19.1. The molecule has 4 nitrogen and oxygen atoms in total. The zero-order valence-corrected chi connectivity index (χ0v) is 24.7. The van der Waals surface area contributed by atoms with Crippen LogP contribution in [0.1, 0.15) is 134 Å². The second-order valence-electron chi connectivity index (χ2n) is 10.7. The van der Waals surface area contributed by atoms with Gasteiger partial charge in [-0.1, -0.05) is 116 Å². The van der Waals surface area contributed by atoms with Crippen molar-refractivity contribution in [2.24, 2.45) is 0 Å². The summed E-state index contributed by atoms with van der Waals surface area (Å²) in [6.07, 6.45) is 21.0. The number of aliphatic hydroxyl groups excluding tert-OH is 2. The summed E-state index contributed by atoms with van der Waals surface area (Å²) in [7, 11) is 0. The minimum atomic E-state index is -0.898. The van der Waals surface area contributed by atoms with E-state index < -0.39 is 6.10 Å². The molecular formula is C35H54O4. The van der Waals surface area contributed by atoms with Gasteiger partial charge in [0.2, 0.25) is 0 Å². The van der Waals surface area contributed by atoms with E-state index in [0.29, 0.717) is 17.7 Å². The Kier molecular flexibility index (Phi) is 17.9. The molecule has 4 heteroatoms. The van der Waals surface area contributed by atoms with Crippen molar-refractivity contribution in [1.29, 1.82) is 0 Å². The highest BCUT2D eigenvalue weighted by atomic mass is 16.5. The predicted octanol–water partition coefficient (Wildman–Crippen LogP) is 10.4. The van der Waals surface area contributed by atoms with Crippen LogP contribution in [-0.2, 0) is 0 Å². The first-order valence-corrected chi connectivity index (χ1v) is 15.7. The Morgan fingerprint density at radius 1 is 0.590 bits per heavy atom. The standard InChI is InChI=1S/C35H54O4/c1-3-5-7-9-11-13-15-17-27-38-32-23-19-30(20-24-32)34(36)29-35(37)31-21-25-33(26-22-31)39-28-18-16-14-12-10-8-6-4-2/h19-26,29,34,36-37H,3-18,27-28H2,1-2H3/b35-29-. The molecule has 0 spiro atoms. The van der Waals surface area contributed by atoms with Gasteiger partial charge in [0, 0.05) is 5.56 Å². The van der Waals surface area contributed by atoms with Gasteiger partial charge < -0.3 is 19.7 Å². The Labute approximate surface area is 238 Å². The van der Waals surface area contributed by atoms with E-state index in [9.17, 15) is 10.2 Å². The van der Waals surface area contributed by atoms with E-state index in [2.05, 4.69) is 13.8 Å². The SMILES string of the molecule is CCCCCCCCCCOc1ccc(/C(O)=C/C(O)c2ccc(OCCCCCCCCCC)cc2)cc1. The third-order valence-electron chi connectivity index (χ3n) is 7.22. The highest BCUT2D eigenvalue weighted by Gasteiger charge is 2.08. The summed E-state index contributed by atoms with van der Waals surface area (Å²) in [4.78, 5) is 0. The molecule has 2 rings (SSSR count). The number of ether oxygens (including phenoxy) is 2. The van der Waals surface area contributed by atoms with Crippen LogP contribution in [0.3, 0.4) is 0 Å². The number of benzene rings is 2. The molecule has 2 N–H and O–H groups in total. The van der Waals surface area contributed by atoms with E-state index in [0.717, 1.165) is 30.9 Å². The van der Waals surface area contributed by atoms with Crippen molar-refractivity contribution in [3.05, 3.63) is 65.7 Å². The fourth-order valence-corrected chi connectivity index (χ4v) is 4.68. The molecule has 0 aliphatic rings. The molecule has 2 aromatic rings. The first-order valence-electron chi connectivity index (χ1n) is 15.7.